The van der Waals surface area contributed by atoms with Crippen LogP contribution in [0, 0.1) is 6.92 Å². The maximum atomic E-state index is 11.6. The average molecular weight is 302 g/mol. The molecule has 0 fully saturated rings. The van der Waals surface area contributed by atoms with Crippen LogP contribution in [0.25, 0.3) is 0 Å². The topological polar surface area (TPSA) is 83.5 Å². The second-order valence-electron chi connectivity index (χ2n) is 4.21. The molecule has 0 aliphatic rings. The van der Waals surface area contributed by atoms with Gasteiger partial charge in [-0.25, -0.2) is 5.43 Å². The molecule has 0 spiro atoms. The van der Waals surface area contributed by atoms with Crippen molar-refractivity contribution >= 4 is 29.4 Å². The summed E-state index contributed by atoms with van der Waals surface area (Å²) in [5.74, 6) is -1.54. The minimum absolute atomic E-state index is 0.244. The Labute approximate surface area is 125 Å². The minimum atomic E-state index is -0.802. The summed E-state index contributed by atoms with van der Waals surface area (Å²) in [4.78, 5) is 27.9. The zero-order valence-corrected chi connectivity index (χ0v) is 12.2. The number of carbonyl (C=O) groups excluding carboxylic acids is 2. The van der Waals surface area contributed by atoms with Crippen LogP contribution in [-0.4, -0.2) is 23.0 Å². The van der Waals surface area contributed by atoms with Gasteiger partial charge in [0.1, 0.15) is 0 Å². The number of thiophene rings is 1. The van der Waals surface area contributed by atoms with Crippen LogP contribution in [0.4, 0.5) is 0 Å². The molecule has 0 unspecified atom stereocenters. The maximum Gasteiger partial charge on any atom is 0.329 e. The van der Waals surface area contributed by atoms with Crippen molar-refractivity contribution in [2.75, 3.05) is 0 Å². The number of amides is 2. The Morgan fingerprint density at radius 3 is 2.90 bits per heavy atom. The van der Waals surface area contributed by atoms with Crippen molar-refractivity contribution in [2.45, 2.75) is 13.5 Å². The van der Waals surface area contributed by atoms with Crippen molar-refractivity contribution in [3.05, 3.63) is 52.0 Å². The number of hydrazone groups is 1. The highest BCUT2D eigenvalue weighted by Gasteiger charge is 2.11. The third kappa shape index (κ3) is 4.50. The Morgan fingerprint density at radius 2 is 2.24 bits per heavy atom. The summed E-state index contributed by atoms with van der Waals surface area (Å²) in [6.07, 6.45) is 4.78. The van der Waals surface area contributed by atoms with E-state index < -0.39 is 11.8 Å². The number of nitrogens with zero attached hydrogens (tertiary/aromatic N) is 2. The van der Waals surface area contributed by atoms with Gasteiger partial charge >= 0.3 is 11.8 Å². The molecule has 0 radical (unpaired) electrons. The number of carbonyl (C=O) groups is 2. The van der Waals surface area contributed by atoms with Gasteiger partial charge in [-0.05, 0) is 35.6 Å². The van der Waals surface area contributed by atoms with Gasteiger partial charge in [0.25, 0.3) is 0 Å². The molecule has 0 aliphatic heterocycles. The van der Waals surface area contributed by atoms with Crippen molar-refractivity contribution in [3.63, 3.8) is 0 Å². The minimum Gasteiger partial charge on any atom is -0.344 e. The van der Waals surface area contributed by atoms with E-state index in [0.29, 0.717) is 0 Å². The Balaban J connectivity index is 1.79. The molecule has 0 bridgehead atoms. The number of aromatic nitrogens is 1. The monoisotopic (exact) mass is 302 g/mol. The lowest BCUT2D eigenvalue weighted by atomic mass is 10.3. The SMILES string of the molecule is Cc1ccsc1/C=N\NC(=O)C(=O)NCc1cccnc1. The second-order valence-corrected chi connectivity index (χ2v) is 5.16. The predicted molar refractivity (Wildman–Crippen MR) is 80.9 cm³/mol. The molecule has 21 heavy (non-hydrogen) atoms. The van der Waals surface area contributed by atoms with Gasteiger partial charge in [-0.15, -0.1) is 11.3 Å². The number of aryl methyl sites for hydroxylation is 1. The Hall–Kier alpha value is -2.54. The van der Waals surface area contributed by atoms with E-state index in [-0.39, 0.29) is 6.54 Å². The molecule has 0 aromatic carbocycles. The van der Waals surface area contributed by atoms with Crippen LogP contribution in [0.2, 0.25) is 0 Å². The summed E-state index contributed by atoms with van der Waals surface area (Å²) in [6, 6.07) is 5.52. The highest BCUT2D eigenvalue weighted by atomic mass is 32.1. The van der Waals surface area contributed by atoms with E-state index in [1.54, 1.807) is 18.5 Å². The third-order valence-corrected chi connectivity index (χ3v) is 3.59. The lowest BCUT2D eigenvalue weighted by Gasteiger charge is -2.03. The van der Waals surface area contributed by atoms with Crippen LogP contribution < -0.4 is 10.7 Å². The summed E-state index contributed by atoms with van der Waals surface area (Å²) in [7, 11) is 0. The van der Waals surface area contributed by atoms with Gasteiger partial charge in [0.05, 0.1) is 6.21 Å². The molecule has 7 heteroatoms. The fraction of sp³-hybridized carbons (Fsp3) is 0.143. The predicted octanol–water partition coefficient (Wildman–Crippen LogP) is 1.22. The van der Waals surface area contributed by atoms with Gasteiger partial charge in [0, 0.05) is 23.8 Å². The molecule has 2 heterocycles. The van der Waals surface area contributed by atoms with E-state index in [1.165, 1.54) is 17.6 Å². The number of pyridine rings is 1. The van der Waals surface area contributed by atoms with Crippen LogP contribution in [0.5, 0.6) is 0 Å². The molecular formula is C14H14N4O2S. The fourth-order valence-electron chi connectivity index (χ4n) is 1.48. The summed E-state index contributed by atoms with van der Waals surface area (Å²) < 4.78 is 0. The first-order chi connectivity index (χ1) is 10.2. The van der Waals surface area contributed by atoms with Crippen molar-refractivity contribution in [2.24, 2.45) is 5.10 Å². The molecule has 0 atom stereocenters. The van der Waals surface area contributed by atoms with Gasteiger partial charge in [0.15, 0.2) is 0 Å². The van der Waals surface area contributed by atoms with Crippen LogP contribution in [0.1, 0.15) is 16.0 Å². The maximum absolute atomic E-state index is 11.6. The van der Waals surface area contributed by atoms with Crippen molar-refractivity contribution in [3.8, 4) is 0 Å². The Bertz CT molecular complexity index is 652. The third-order valence-electron chi connectivity index (χ3n) is 2.63. The van der Waals surface area contributed by atoms with Crippen LogP contribution in [-0.2, 0) is 16.1 Å². The van der Waals surface area contributed by atoms with E-state index in [1.807, 2.05) is 24.4 Å². The zero-order valence-electron chi connectivity index (χ0n) is 11.4. The largest absolute Gasteiger partial charge is 0.344 e. The van der Waals surface area contributed by atoms with E-state index in [4.69, 9.17) is 0 Å². The van der Waals surface area contributed by atoms with E-state index in [2.05, 4.69) is 20.8 Å². The molecule has 0 saturated carbocycles. The fourth-order valence-corrected chi connectivity index (χ4v) is 2.27. The molecule has 108 valence electrons. The van der Waals surface area contributed by atoms with Crippen LogP contribution in [0.15, 0.2) is 41.1 Å². The summed E-state index contributed by atoms with van der Waals surface area (Å²) >= 11 is 1.51. The molecule has 2 N–H and O–H groups in total. The normalized spacial score (nSPS) is 10.5. The van der Waals surface area contributed by atoms with Gasteiger partial charge in [0.2, 0.25) is 0 Å². The second kappa shape index (κ2) is 7.30. The lowest BCUT2D eigenvalue weighted by molar-refractivity contribution is -0.139. The van der Waals surface area contributed by atoms with Gasteiger partial charge in [-0.2, -0.15) is 5.10 Å². The Kier molecular flexibility index (Phi) is 5.16. The van der Waals surface area contributed by atoms with Crippen molar-refractivity contribution in [1.82, 2.24) is 15.7 Å². The first kappa shape index (κ1) is 14.9. The quantitative estimate of drug-likeness (QED) is 0.506. The molecule has 0 aliphatic carbocycles. The summed E-state index contributed by atoms with van der Waals surface area (Å²) in [6.45, 7) is 2.19. The van der Waals surface area contributed by atoms with E-state index >= 15 is 0 Å². The molecular weight excluding hydrogens is 288 g/mol. The number of nitrogens with one attached hydrogen (secondary N) is 2. The smallest absolute Gasteiger partial charge is 0.329 e. The molecule has 0 saturated heterocycles. The first-order valence-electron chi connectivity index (χ1n) is 6.21. The average Bonchev–Trinajstić information content (AvgIpc) is 2.91. The van der Waals surface area contributed by atoms with Crippen molar-refractivity contribution < 1.29 is 9.59 Å². The standard InChI is InChI=1S/C14H14N4O2S/c1-10-4-6-21-12(10)9-17-18-14(20)13(19)16-8-11-3-2-5-15-7-11/h2-7,9H,8H2,1H3,(H,16,19)(H,18,20)/b17-9-. The van der Waals surface area contributed by atoms with E-state index in [9.17, 15) is 9.59 Å². The molecule has 2 amide bonds. The van der Waals surface area contributed by atoms with E-state index in [0.717, 1.165) is 16.0 Å². The van der Waals surface area contributed by atoms with Gasteiger partial charge < -0.3 is 5.32 Å². The Morgan fingerprint density at radius 1 is 1.38 bits per heavy atom. The molecule has 2 aromatic rings. The summed E-state index contributed by atoms with van der Waals surface area (Å²) in [5, 5.41) is 8.18. The van der Waals surface area contributed by atoms with Gasteiger partial charge in [-0.3, -0.25) is 14.6 Å². The molecule has 2 aromatic heterocycles. The molecule has 6 nitrogen and oxygen atoms in total. The van der Waals surface area contributed by atoms with Crippen molar-refractivity contribution in [1.29, 1.82) is 0 Å². The van der Waals surface area contributed by atoms with Crippen LogP contribution in [0.3, 0.4) is 0 Å². The highest BCUT2D eigenvalue weighted by Crippen LogP contribution is 2.12. The first-order valence-corrected chi connectivity index (χ1v) is 7.09. The summed E-state index contributed by atoms with van der Waals surface area (Å²) in [5.41, 5.74) is 4.08. The van der Waals surface area contributed by atoms with Gasteiger partial charge in [-0.1, -0.05) is 6.07 Å². The lowest BCUT2D eigenvalue weighted by Crippen LogP contribution is -2.37. The molecule has 2 rings (SSSR count). The number of rotatable bonds is 4. The highest BCUT2D eigenvalue weighted by molar-refractivity contribution is 7.11. The number of hydrogen-bond donors (Lipinski definition) is 2. The zero-order chi connectivity index (χ0) is 15.1. The number of hydrogen-bond acceptors (Lipinski definition) is 5. The van der Waals surface area contributed by atoms with Crippen LogP contribution >= 0.6 is 11.3 Å².